The molecule has 27 heavy (non-hydrogen) atoms. The van der Waals surface area contributed by atoms with Crippen LogP contribution in [0.25, 0.3) is 10.2 Å². The Morgan fingerprint density at radius 2 is 1.93 bits per heavy atom. The zero-order valence-corrected chi connectivity index (χ0v) is 16.4. The van der Waals surface area contributed by atoms with Crippen LogP contribution < -0.4 is 4.90 Å². The van der Waals surface area contributed by atoms with E-state index in [1.165, 1.54) is 11.3 Å². The second kappa shape index (κ2) is 7.98. The Hall–Kier alpha value is -2.57. The van der Waals surface area contributed by atoms with Gasteiger partial charge < -0.3 is 4.42 Å². The topological polar surface area (TPSA) is 46.3 Å². The smallest absolute Gasteiger partial charge is 0.260 e. The summed E-state index contributed by atoms with van der Waals surface area (Å²) < 4.78 is 6.53. The lowest BCUT2D eigenvalue weighted by molar-refractivity contribution is 0.0983. The van der Waals surface area contributed by atoms with Gasteiger partial charge in [-0.05, 0) is 54.3 Å². The molecule has 2 aromatic heterocycles. The molecule has 0 N–H and O–H groups in total. The Bertz CT molecular complexity index is 1010. The predicted octanol–water partition coefficient (Wildman–Crippen LogP) is 5.85. The van der Waals surface area contributed by atoms with Crippen molar-refractivity contribution >= 4 is 44.4 Å². The molecule has 0 unspecified atom stereocenters. The molecule has 4 nitrogen and oxygen atoms in total. The minimum absolute atomic E-state index is 0.0847. The number of hydrogen-bond acceptors (Lipinski definition) is 5. The fraction of sp³-hybridized carbons (Fsp3) is 0.143. The van der Waals surface area contributed by atoms with Crippen molar-refractivity contribution in [3.8, 4) is 0 Å². The lowest BCUT2D eigenvalue weighted by Crippen LogP contribution is -2.30. The Kier molecular flexibility index (Phi) is 5.27. The molecule has 6 heteroatoms. The van der Waals surface area contributed by atoms with E-state index in [0.717, 1.165) is 26.6 Å². The van der Waals surface area contributed by atoms with Gasteiger partial charge in [0.15, 0.2) is 5.13 Å². The van der Waals surface area contributed by atoms with Gasteiger partial charge >= 0.3 is 0 Å². The molecule has 2 aromatic carbocycles. The quantitative estimate of drug-likeness (QED) is 0.385. The highest BCUT2D eigenvalue weighted by molar-refractivity contribution is 7.99. The molecule has 0 radical (unpaired) electrons. The van der Waals surface area contributed by atoms with Crippen LogP contribution in [0.2, 0.25) is 0 Å². The van der Waals surface area contributed by atoms with E-state index in [0.29, 0.717) is 17.2 Å². The normalized spacial score (nSPS) is 11.0. The lowest BCUT2D eigenvalue weighted by Gasteiger charge is -2.19. The third-order valence-electron chi connectivity index (χ3n) is 4.06. The van der Waals surface area contributed by atoms with E-state index in [2.05, 4.69) is 11.9 Å². The number of nitrogens with zero attached hydrogens (tertiary/aromatic N) is 2. The van der Waals surface area contributed by atoms with Crippen LogP contribution in [-0.2, 0) is 6.54 Å². The monoisotopic (exact) mass is 394 g/mol. The maximum atomic E-state index is 13.3. The summed E-state index contributed by atoms with van der Waals surface area (Å²) in [6.45, 7) is 2.46. The zero-order valence-electron chi connectivity index (χ0n) is 14.8. The number of anilines is 1. The number of carbonyl (C=O) groups excluding carboxylic acids is 1. The number of rotatable bonds is 6. The third kappa shape index (κ3) is 3.91. The lowest BCUT2D eigenvalue weighted by atomic mass is 10.2. The Labute approximate surface area is 165 Å². The fourth-order valence-electron chi connectivity index (χ4n) is 2.78. The first kappa shape index (κ1) is 17.8. The highest BCUT2D eigenvalue weighted by Crippen LogP contribution is 2.31. The first-order valence-electron chi connectivity index (χ1n) is 8.67. The van der Waals surface area contributed by atoms with Gasteiger partial charge in [0, 0.05) is 10.5 Å². The third-order valence-corrected chi connectivity index (χ3v) is 6.02. The molecular formula is C21H18N2O2S2. The number of amides is 1. The van der Waals surface area contributed by atoms with Gasteiger partial charge in [-0.3, -0.25) is 9.69 Å². The average Bonchev–Trinajstić information content (AvgIpc) is 3.35. The largest absolute Gasteiger partial charge is 0.467 e. The fourth-order valence-corrected chi connectivity index (χ4v) is 4.40. The number of fused-ring (bicyclic) bond motifs is 1. The van der Waals surface area contributed by atoms with Gasteiger partial charge in [0.1, 0.15) is 5.76 Å². The summed E-state index contributed by atoms with van der Waals surface area (Å²) >= 11 is 3.27. The second-order valence-corrected chi connectivity index (χ2v) is 8.24. The summed E-state index contributed by atoms with van der Waals surface area (Å²) in [6, 6.07) is 19.3. The molecule has 0 atom stereocenters. The second-order valence-electron chi connectivity index (χ2n) is 5.89. The summed E-state index contributed by atoms with van der Waals surface area (Å²) in [5.41, 5.74) is 1.53. The molecule has 0 aliphatic heterocycles. The van der Waals surface area contributed by atoms with Crippen molar-refractivity contribution in [2.75, 3.05) is 10.7 Å². The minimum Gasteiger partial charge on any atom is -0.467 e. The van der Waals surface area contributed by atoms with Gasteiger partial charge in [-0.2, -0.15) is 0 Å². The minimum atomic E-state index is -0.0847. The molecule has 4 aromatic rings. The van der Waals surface area contributed by atoms with E-state index in [1.807, 2.05) is 60.7 Å². The highest BCUT2D eigenvalue weighted by Gasteiger charge is 2.22. The number of furan rings is 1. The molecule has 0 saturated heterocycles. The van der Waals surface area contributed by atoms with Gasteiger partial charge in [0.25, 0.3) is 5.91 Å². The van der Waals surface area contributed by atoms with E-state index in [4.69, 9.17) is 4.42 Å². The molecule has 0 spiro atoms. The summed E-state index contributed by atoms with van der Waals surface area (Å²) in [5, 5.41) is 0.671. The maximum Gasteiger partial charge on any atom is 0.260 e. The molecule has 0 saturated carbocycles. The molecule has 136 valence electrons. The number of hydrogen-bond donors (Lipinski definition) is 0. The van der Waals surface area contributed by atoms with Crippen molar-refractivity contribution in [2.45, 2.75) is 18.4 Å². The van der Waals surface area contributed by atoms with E-state index in [9.17, 15) is 4.79 Å². The van der Waals surface area contributed by atoms with Gasteiger partial charge in [0.2, 0.25) is 0 Å². The standard InChI is InChI=1S/C21H18N2O2S2/c1-2-26-17-11-9-15(10-12-17)20(24)23(14-16-6-5-13-25-16)21-22-18-7-3-4-8-19(18)27-21/h3-13H,2,14H2,1H3. The van der Waals surface area contributed by atoms with Crippen LogP contribution in [-0.4, -0.2) is 16.6 Å². The molecule has 0 aliphatic rings. The summed E-state index contributed by atoms with van der Waals surface area (Å²) in [5.74, 6) is 1.64. The number of para-hydroxylation sites is 1. The van der Waals surface area contributed by atoms with Crippen LogP contribution >= 0.6 is 23.1 Å². The van der Waals surface area contributed by atoms with E-state index in [1.54, 1.807) is 22.9 Å². The molecule has 2 heterocycles. The Balaban J connectivity index is 1.69. The Morgan fingerprint density at radius 3 is 2.63 bits per heavy atom. The van der Waals surface area contributed by atoms with Crippen molar-refractivity contribution in [3.05, 3.63) is 78.3 Å². The molecule has 0 bridgehead atoms. The van der Waals surface area contributed by atoms with E-state index >= 15 is 0 Å². The SMILES string of the molecule is CCSc1ccc(C(=O)N(Cc2ccco2)c2nc3ccccc3s2)cc1. The number of thioether (sulfide) groups is 1. The van der Waals surface area contributed by atoms with Crippen molar-refractivity contribution in [1.82, 2.24) is 4.98 Å². The van der Waals surface area contributed by atoms with Crippen molar-refractivity contribution < 1.29 is 9.21 Å². The highest BCUT2D eigenvalue weighted by atomic mass is 32.2. The predicted molar refractivity (Wildman–Crippen MR) is 112 cm³/mol. The van der Waals surface area contributed by atoms with Gasteiger partial charge in [-0.25, -0.2) is 4.98 Å². The first-order valence-corrected chi connectivity index (χ1v) is 10.5. The first-order chi connectivity index (χ1) is 13.2. The molecule has 0 fully saturated rings. The van der Waals surface area contributed by atoms with Crippen LogP contribution in [0.3, 0.4) is 0 Å². The van der Waals surface area contributed by atoms with Crippen LogP contribution in [0, 0.1) is 0 Å². The van der Waals surface area contributed by atoms with Crippen LogP contribution in [0.15, 0.2) is 76.2 Å². The average molecular weight is 395 g/mol. The van der Waals surface area contributed by atoms with Crippen molar-refractivity contribution in [2.24, 2.45) is 0 Å². The Morgan fingerprint density at radius 1 is 1.11 bits per heavy atom. The van der Waals surface area contributed by atoms with Gasteiger partial charge in [-0.15, -0.1) is 11.8 Å². The summed E-state index contributed by atoms with van der Waals surface area (Å²) in [6.07, 6.45) is 1.62. The van der Waals surface area contributed by atoms with Crippen LogP contribution in [0.4, 0.5) is 5.13 Å². The molecule has 1 amide bonds. The summed E-state index contributed by atoms with van der Waals surface area (Å²) in [4.78, 5) is 20.8. The maximum absolute atomic E-state index is 13.3. The van der Waals surface area contributed by atoms with E-state index < -0.39 is 0 Å². The number of carbonyl (C=O) groups is 1. The number of benzene rings is 2. The van der Waals surface area contributed by atoms with Crippen LogP contribution in [0.5, 0.6) is 0 Å². The van der Waals surface area contributed by atoms with Gasteiger partial charge in [-0.1, -0.05) is 30.4 Å². The van der Waals surface area contributed by atoms with Gasteiger partial charge in [0.05, 0.1) is 23.0 Å². The molecule has 0 aliphatic carbocycles. The zero-order chi connectivity index (χ0) is 18.6. The molecule has 4 rings (SSSR count). The van der Waals surface area contributed by atoms with E-state index in [-0.39, 0.29) is 5.91 Å². The number of aromatic nitrogens is 1. The van der Waals surface area contributed by atoms with Crippen molar-refractivity contribution in [3.63, 3.8) is 0 Å². The number of thiazole rings is 1. The van der Waals surface area contributed by atoms with Crippen LogP contribution in [0.1, 0.15) is 23.0 Å². The molecular weight excluding hydrogens is 376 g/mol. The van der Waals surface area contributed by atoms with Crippen molar-refractivity contribution in [1.29, 1.82) is 0 Å². The summed E-state index contributed by atoms with van der Waals surface area (Å²) in [7, 11) is 0.